The van der Waals surface area contributed by atoms with E-state index in [0.29, 0.717) is 18.4 Å². The van der Waals surface area contributed by atoms with Crippen LogP contribution < -0.4 is 4.74 Å². The zero-order valence-corrected chi connectivity index (χ0v) is 13.9. The molecule has 0 bridgehead atoms. The lowest BCUT2D eigenvalue weighted by Crippen LogP contribution is -2.28. The molecule has 2 aromatic rings. The molecule has 0 amide bonds. The first kappa shape index (κ1) is 15.6. The number of phenolic OH excluding ortho intramolecular Hbond substituents is 1. The molecule has 5 nitrogen and oxygen atoms in total. The van der Waals surface area contributed by atoms with E-state index in [0.717, 1.165) is 5.56 Å². The van der Waals surface area contributed by atoms with E-state index in [1.54, 1.807) is 12.1 Å². The van der Waals surface area contributed by atoms with Crippen molar-refractivity contribution >= 4 is 17.3 Å². The van der Waals surface area contributed by atoms with Crippen molar-refractivity contribution in [2.45, 2.75) is 19.8 Å². The number of ketones is 3. The zero-order chi connectivity index (χ0) is 17.9. The van der Waals surface area contributed by atoms with E-state index in [2.05, 4.69) is 0 Å². The van der Waals surface area contributed by atoms with Crippen LogP contribution in [0.25, 0.3) is 0 Å². The second-order valence-electron chi connectivity index (χ2n) is 6.65. The summed E-state index contributed by atoms with van der Waals surface area (Å²) in [4.78, 5) is 38.7. The molecule has 25 heavy (non-hydrogen) atoms. The minimum atomic E-state index is -0.499. The molecule has 5 heteroatoms. The smallest absolute Gasteiger partial charge is 0.199 e. The Labute approximate surface area is 144 Å². The summed E-state index contributed by atoms with van der Waals surface area (Å²) < 4.78 is 5.20. The summed E-state index contributed by atoms with van der Waals surface area (Å²) in [5.41, 5.74) is 1.41. The molecule has 0 fully saturated rings. The number of rotatable bonds is 1. The van der Waals surface area contributed by atoms with Gasteiger partial charge >= 0.3 is 0 Å². The number of fused-ring (bicyclic) bond motifs is 4. The molecule has 1 N–H and O–H groups in total. The number of benzene rings is 2. The second-order valence-corrected chi connectivity index (χ2v) is 6.65. The molecule has 2 aliphatic carbocycles. The minimum absolute atomic E-state index is 0.0524. The molecule has 0 aromatic heterocycles. The van der Waals surface area contributed by atoms with E-state index in [-0.39, 0.29) is 45.5 Å². The van der Waals surface area contributed by atoms with Gasteiger partial charge in [-0.2, -0.15) is 0 Å². The standard InChI is InChI=1S/C20H16O5/c1-9-7-10-3-4-11-16(15(10)13(22)8-9)20(24)17-12(21)5-6-14(25-2)18(17)19(11)23/h3-6,9,21H,7-8H2,1-2H3. The van der Waals surface area contributed by atoms with Crippen molar-refractivity contribution in [1.29, 1.82) is 0 Å². The highest BCUT2D eigenvalue weighted by atomic mass is 16.5. The predicted molar refractivity (Wildman–Crippen MR) is 89.8 cm³/mol. The summed E-state index contributed by atoms with van der Waals surface area (Å²) in [7, 11) is 1.40. The van der Waals surface area contributed by atoms with Gasteiger partial charge in [0.05, 0.1) is 18.2 Å². The summed E-state index contributed by atoms with van der Waals surface area (Å²) in [6.45, 7) is 1.99. The molecule has 1 unspecified atom stereocenters. The van der Waals surface area contributed by atoms with E-state index in [1.807, 2.05) is 6.92 Å². The number of methoxy groups -OCH3 is 1. The average molecular weight is 336 g/mol. The van der Waals surface area contributed by atoms with Crippen molar-refractivity contribution in [1.82, 2.24) is 0 Å². The molecule has 0 aliphatic heterocycles. The molecule has 0 heterocycles. The SMILES string of the molecule is COc1ccc(O)c2c1C(=O)c1ccc3c(c1C2=O)C(=O)CC(C)C3. The molecule has 1 atom stereocenters. The van der Waals surface area contributed by atoms with E-state index in [4.69, 9.17) is 4.74 Å². The normalized spacial score (nSPS) is 18.5. The Kier molecular flexibility index (Phi) is 3.29. The zero-order valence-electron chi connectivity index (χ0n) is 13.9. The quantitative estimate of drug-likeness (QED) is 0.739. The minimum Gasteiger partial charge on any atom is -0.507 e. The molecule has 0 spiro atoms. The Hall–Kier alpha value is -2.95. The van der Waals surface area contributed by atoms with Crippen molar-refractivity contribution in [2.24, 2.45) is 5.92 Å². The molecule has 0 saturated carbocycles. The Morgan fingerprint density at radius 2 is 1.68 bits per heavy atom. The van der Waals surface area contributed by atoms with Crippen molar-refractivity contribution in [3.63, 3.8) is 0 Å². The van der Waals surface area contributed by atoms with Gasteiger partial charge in [0.2, 0.25) is 0 Å². The lowest BCUT2D eigenvalue weighted by atomic mass is 9.74. The van der Waals surface area contributed by atoms with Crippen LogP contribution in [0.3, 0.4) is 0 Å². The molecule has 4 rings (SSSR count). The van der Waals surface area contributed by atoms with Gasteiger partial charge in [-0.15, -0.1) is 0 Å². The Morgan fingerprint density at radius 1 is 0.920 bits per heavy atom. The van der Waals surface area contributed by atoms with Gasteiger partial charge in [0.15, 0.2) is 17.3 Å². The van der Waals surface area contributed by atoms with E-state index < -0.39 is 11.6 Å². The number of phenols is 1. The summed E-state index contributed by atoms with van der Waals surface area (Å²) in [6.07, 6.45) is 1.04. The predicted octanol–water partition coefficient (Wildman–Crippen LogP) is 2.94. The van der Waals surface area contributed by atoms with Crippen LogP contribution in [-0.4, -0.2) is 29.6 Å². The monoisotopic (exact) mass is 336 g/mol. The van der Waals surface area contributed by atoms with Gasteiger partial charge in [-0.3, -0.25) is 14.4 Å². The number of carbonyl (C=O) groups is 3. The van der Waals surface area contributed by atoms with Gasteiger partial charge in [-0.1, -0.05) is 13.0 Å². The fourth-order valence-electron chi connectivity index (χ4n) is 3.88. The summed E-state index contributed by atoms with van der Waals surface area (Å²) >= 11 is 0. The molecular weight excluding hydrogens is 320 g/mol. The molecule has 0 radical (unpaired) electrons. The topological polar surface area (TPSA) is 80.7 Å². The van der Waals surface area contributed by atoms with Crippen LogP contribution >= 0.6 is 0 Å². The third kappa shape index (κ3) is 2.05. The third-order valence-corrected chi connectivity index (χ3v) is 4.96. The number of Topliss-reactive ketones (excluding diaryl/α,β-unsaturated/α-hetero) is 1. The van der Waals surface area contributed by atoms with Gasteiger partial charge in [0.1, 0.15) is 11.5 Å². The van der Waals surface area contributed by atoms with Crippen LogP contribution in [-0.2, 0) is 6.42 Å². The van der Waals surface area contributed by atoms with Crippen molar-refractivity contribution in [3.05, 3.63) is 57.6 Å². The van der Waals surface area contributed by atoms with Crippen molar-refractivity contribution in [3.8, 4) is 11.5 Å². The molecule has 0 saturated heterocycles. The van der Waals surface area contributed by atoms with Crippen LogP contribution in [0.1, 0.15) is 61.1 Å². The largest absolute Gasteiger partial charge is 0.507 e. The van der Waals surface area contributed by atoms with Gasteiger partial charge in [0.25, 0.3) is 0 Å². The first-order valence-electron chi connectivity index (χ1n) is 8.12. The maximum absolute atomic E-state index is 13.1. The maximum Gasteiger partial charge on any atom is 0.199 e. The Balaban J connectivity index is 2.04. The van der Waals surface area contributed by atoms with Crippen LogP contribution in [0, 0.1) is 5.92 Å². The molecule has 2 aliphatic rings. The van der Waals surface area contributed by atoms with Gasteiger partial charge in [-0.05, 0) is 36.1 Å². The van der Waals surface area contributed by atoms with Crippen molar-refractivity contribution < 1.29 is 24.2 Å². The molecule has 126 valence electrons. The summed E-state index contributed by atoms with van der Waals surface area (Å²) in [5.74, 6) is -0.887. The highest BCUT2D eigenvalue weighted by Gasteiger charge is 2.39. The van der Waals surface area contributed by atoms with E-state index in [1.165, 1.54) is 19.2 Å². The van der Waals surface area contributed by atoms with Crippen LogP contribution in [0.4, 0.5) is 0 Å². The molecule has 2 aromatic carbocycles. The molecular formula is C20H16O5. The number of hydrogen-bond donors (Lipinski definition) is 1. The van der Waals surface area contributed by atoms with Crippen LogP contribution in [0.5, 0.6) is 11.5 Å². The van der Waals surface area contributed by atoms with Crippen molar-refractivity contribution in [2.75, 3.05) is 7.11 Å². The first-order chi connectivity index (χ1) is 11.9. The Bertz CT molecular complexity index is 971. The second kappa shape index (κ2) is 5.28. The van der Waals surface area contributed by atoms with E-state index >= 15 is 0 Å². The summed E-state index contributed by atoms with van der Waals surface area (Å²) in [6, 6.07) is 6.14. The van der Waals surface area contributed by atoms with Crippen LogP contribution in [0.15, 0.2) is 24.3 Å². The van der Waals surface area contributed by atoms with Crippen LogP contribution in [0.2, 0.25) is 0 Å². The lowest BCUT2D eigenvalue weighted by Gasteiger charge is -2.27. The Morgan fingerprint density at radius 3 is 2.40 bits per heavy atom. The number of hydrogen-bond acceptors (Lipinski definition) is 5. The highest BCUT2D eigenvalue weighted by molar-refractivity contribution is 6.32. The van der Waals surface area contributed by atoms with Gasteiger partial charge in [0, 0.05) is 23.1 Å². The number of aromatic hydroxyl groups is 1. The number of carbonyl (C=O) groups excluding carboxylic acids is 3. The van der Waals surface area contributed by atoms with Gasteiger partial charge < -0.3 is 9.84 Å². The average Bonchev–Trinajstić information content (AvgIpc) is 2.58. The number of ether oxygens (including phenoxy) is 1. The third-order valence-electron chi connectivity index (χ3n) is 4.96. The first-order valence-corrected chi connectivity index (χ1v) is 8.12. The fraction of sp³-hybridized carbons (Fsp3) is 0.250. The maximum atomic E-state index is 13.1. The van der Waals surface area contributed by atoms with Gasteiger partial charge in [-0.25, -0.2) is 0 Å². The highest BCUT2D eigenvalue weighted by Crippen LogP contribution is 2.41. The lowest BCUT2D eigenvalue weighted by molar-refractivity contribution is 0.0934. The van der Waals surface area contributed by atoms with E-state index in [9.17, 15) is 19.5 Å². The summed E-state index contributed by atoms with van der Waals surface area (Å²) in [5, 5.41) is 10.2. The fourth-order valence-corrected chi connectivity index (χ4v) is 3.88.